The third kappa shape index (κ3) is 3.00. The summed E-state index contributed by atoms with van der Waals surface area (Å²) in [6, 6.07) is 6.44. The lowest BCUT2D eigenvalue weighted by molar-refractivity contribution is -0.385. The summed E-state index contributed by atoms with van der Waals surface area (Å²) in [5.41, 5.74) is -0.845. The van der Waals surface area contributed by atoms with Crippen molar-refractivity contribution in [2.75, 3.05) is 11.4 Å². The Morgan fingerprint density at radius 3 is 2.30 bits per heavy atom. The highest BCUT2D eigenvalue weighted by Gasteiger charge is 2.29. The Balaban J connectivity index is 2.63. The van der Waals surface area contributed by atoms with Crippen LogP contribution in [-0.4, -0.2) is 20.4 Å². The summed E-state index contributed by atoms with van der Waals surface area (Å²) in [6.07, 6.45) is 0. The molecule has 0 aliphatic heterocycles. The predicted molar refractivity (Wildman–Crippen MR) is 79.8 cm³/mol. The molecule has 0 aliphatic rings. The molecule has 0 saturated heterocycles. The van der Waals surface area contributed by atoms with Crippen LogP contribution in [0.2, 0.25) is 0 Å². The van der Waals surface area contributed by atoms with Gasteiger partial charge in [0, 0.05) is 18.7 Å². The normalized spacial score (nSPS) is 11.3. The van der Waals surface area contributed by atoms with Crippen molar-refractivity contribution in [3.63, 3.8) is 0 Å². The SMILES string of the molecule is Cc1cc(F)c(S(=O)(=O)N(C)c2ccccc2F)cc1[N+](=O)[O-]. The number of benzene rings is 2. The first-order valence-corrected chi connectivity index (χ1v) is 7.78. The lowest BCUT2D eigenvalue weighted by Gasteiger charge is -2.20. The van der Waals surface area contributed by atoms with Gasteiger partial charge in [-0.15, -0.1) is 0 Å². The molecule has 0 heterocycles. The summed E-state index contributed by atoms with van der Waals surface area (Å²) in [6.45, 7) is 1.29. The molecule has 23 heavy (non-hydrogen) atoms. The van der Waals surface area contributed by atoms with E-state index >= 15 is 0 Å². The van der Waals surface area contributed by atoms with Crippen LogP contribution >= 0.6 is 0 Å². The van der Waals surface area contributed by atoms with E-state index < -0.39 is 37.2 Å². The van der Waals surface area contributed by atoms with E-state index in [9.17, 15) is 27.3 Å². The van der Waals surface area contributed by atoms with Gasteiger partial charge in [0.15, 0.2) is 0 Å². The number of nitro benzene ring substituents is 1. The van der Waals surface area contributed by atoms with Crippen LogP contribution in [0, 0.1) is 28.7 Å². The van der Waals surface area contributed by atoms with Crippen LogP contribution in [0.1, 0.15) is 5.56 Å². The molecule has 6 nitrogen and oxygen atoms in total. The highest BCUT2D eigenvalue weighted by Crippen LogP contribution is 2.30. The molecular formula is C14H12F2N2O4S. The first-order valence-electron chi connectivity index (χ1n) is 6.34. The van der Waals surface area contributed by atoms with Crippen molar-refractivity contribution >= 4 is 21.4 Å². The van der Waals surface area contributed by atoms with Crippen LogP contribution in [0.15, 0.2) is 41.3 Å². The van der Waals surface area contributed by atoms with Crippen LogP contribution in [0.25, 0.3) is 0 Å². The Bertz CT molecular complexity index is 884. The lowest BCUT2D eigenvalue weighted by Crippen LogP contribution is -2.28. The average molecular weight is 342 g/mol. The Morgan fingerprint density at radius 2 is 1.74 bits per heavy atom. The molecule has 0 unspecified atom stereocenters. The van der Waals surface area contributed by atoms with Crippen molar-refractivity contribution in [1.29, 1.82) is 0 Å². The Hall–Kier alpha value is -2.55. The molecule has 9 heteroatoms. The Labute approximate surface area is 131 Å². The van der Waals surface area contributed by atoms with E-state index in [0.717, 1.165) is 19.2 Å². The van der Waals surface area contributed by atoms with Crippen LogP contribution in [0.5, 0.6) is 0 Å². The minimum Gasteiger partial charge on any atom is -0.266 e. The highest BCUT2D eigenvalue weighted by atomic mass is 32.2. The van der Waals surface area contributed by atoms with Crippen LogP contribution in [0.3, 0.4) is 0 Å². The van der Waals surface area contributed by atoms with Gasteiger partial charge in [-0.2, -0.15) is 0 Å². The van der Waals surface area contributed by atoms with Gasteiger partial charge < -0.3 is 0 Å². The fraction of sp³-hybridized carbons (Fsp3) is 0.143. The lowest BCUT2D eigenvalue weighted by atomic mass is 10.2. The summed E-state index contributed by atoms with van der Waals surface area (Å²) in [4.78, 5) is 9.22. The van der Waals surface area contributed by atoms with Gasteiger partial charge in [0.1, 0.15) is 16.5 Å². The molecule has 0 bridgehead atoms. The maximum absolute atomic E-state index is 14.0. The van der Waals surface area contributed by atoms with E-state index in [4.69, 9.17) is 0 Å². The van der Waals surface area contributed by atoms with Crippen LogP contribution < -0.4 is 4.31 Å². The second kappa shape index (κ2) is 5.92. The largest absolute Gasteiger partial charge is 0.273 e. The third-order valence-corrected chi connectivity index (χ3v) is 5.06. The van der Waals surface area contributed by atoms with E-state index in [1.165, 1.54) is 25.1 Å². The number of aryl methyl sites for hydroxylation is 1. The molecule has 2 aromatic carbocycles. The van der Waals surface area contributed by atoms with Crippen molar-refractivity contribution in [2.45, 2.75) is 11.8 Å². The molecule has 0 spiro atoms. The predicted octanol–water partition coefficient (Wildman–Crippen LogP) is 3.01. The Morgan fingerprint density at radius 1 is 1.13 bits per heavy atom. The van der Waals surface area contributed by atoms with E-state index in [1.54, 1.807) is 0 Å². The highest BCUT2D eigenvalue weighted by molar-refractivity contribution is 7.92. The van der Waals surface area contributed by atoms with Crippen LogP contribution in [0.4, 0.5) is 20.2 Å². The van der Waals surface area contributed by atoms with Crippen molar-refractivity contribution in [1.82, 2.24) is 0 Å². The van der Waals surface area contributed by atoms with Crippen LogP contribution in [-0.2, 0) is 10.0 Å². The second-order valence-corrected chi connectivity index (χ2v) is 6.69. The molecule has 0 fully saturated rings. The molecule has 0 saturated carbocycles. The number of nitro groups is 1. The molecule has 0 amide bonds. The van der Waals surface area contributed by atoms with Crippen molar-refractivity contribution < 1.29 is 22.1 Å². The fourth-order valence-electron chi connectivity index (χ4n) is 2.02. The monoisotopic (exact) mass is 342 g/mol. The average Bonchev–Trinajstić information content (AvgIpc) is 2.46. The maximum atomic E-state index is 14.0. The molecule has 0 aliphatic carbocycles. The quantitative estimate of drug-likeness (QED) is 0.632. The summed E-state index contributed by atoms with van der Waals surface area (Å²) < 4.78 is 53.3. The van der Waals surface area contributed by atoms with Gasteiger partial charge in [-0.25, -0.2) is 17.2 Å². The summed E-state index contributed by atoms with van der Waals surface area (Å²) >= 11 is 0. The molecule has 2 rings (SSSR count). The van der Waals surface area contributed by atoms with Gasteiger partial charge in [-0.1, -0.05) is 12.1 Å². The zero-order valence-electron chi connectivity index (χ0n) is 12.2. The Kier molecular flexibility index (Phi) is 4.33. The number of nitrogens with zero attached hydrogens (tertiary/aromatic N) is 2. The van der Waals surface area contributed by atoms with Gasteiger partial charge in [-0.05, 0) is 25.1 Å². The zero-order chi connectivity index (χ0) is 17.4. The standard InChI is InChI=1S/C14H12F2N2O4S/c1-9-7-11(16)14(8-13(9)18(19)20)23(21,22)17(2)12-6-4-3-5-10(12)15/h3-8H,1-2H3. The zero-order valence-corrected chi connectivity index (χ0v) is 13.0. The van der Waals surface area contributed by atoms with Gasteiger partial charge in [0.25, 0.3) is 15.7 Å². The molecule has 0 aromatic heterocycles. The third-order valence-electron chi connectivity index (χ3n) is 3.28. The molecule has 122 valence electrons. The smallest absolute Gasteiger partial charge is 0.266 e. The number of sulfonamides is 1. The summed E-state index contributed by atoms with van der Waals surface area (Å²) in [7, 11) is -3.46. The molecule has 0 atom stereocenters. The minimum atomic E-state index is -4.50. The number of halogens is 2. The topological polar surface area (TPSA) is 80.5 Å². The van der Waals surface area contributed by atoms with Gasteiger partial charge in [0.05, 0.1) is 10.6 Å². The fourth-order valence-corrected chi connectivity index (χ4v) is 3.29. The second-order valence-electron chi connectivity index (χ2n) is 4.75. The summed E-state index contributed by atoms with van der Waals surface area (Å²) in [5, 5.41) is 10.9. The van der Waals surface area contributed by atoms with Crippen molar-refractivity contribution in [3.05, 3.63) is 63.7 Å². The maximum Gasteiger partial charge on any atom is 0.273 e. The number of anilines is 1. The van der Waals surface area contributed by atoms with Crippen molar-refractivity contribution in [2.24, 2.45) is 0 Å². The molecule has 0 N–H and O–H groups in total. The number of para-hydroxylation sites is 1. The van der Waals surface area contributed by atoms with E-state index in [2.05, 4.69) is 0 Å². The van der Waals surface area contributed by atoms with Gasteiger partial charge in [-0.3, -0.25) is 14.4 Å². The molecule has 0 radical (unpaired) electrons. The van der Waals surface area contributed by atoms with Gasteiger partial charge >= 0.3 is 0 Å². The van der Waals surface area contributed by atoms with E-state index in [1.807, 2.05) is 0 Å². The van der Waals surface area contributed by atoms with E-state index in [-0.39, 0.29) is 11.3 Å². The number of hydrogen-bond donors (Lipinski definition) is 0. The van der Waals surface area contributed by atoms with Gasteiger partial charge in [0.2, 0.25) is 0 Å². The minimum absolute atomic E-state index is 0.0139. The van der Waals surface area contributed by atoms with E-state index in [0.29, 0.717) is 10.4 Å². The first-order chi connectivity index (χ1) is 10.7. The first kappa shape index (κ1) is 16.8. The van der Waals surface area contributed by atoms with Crippen molar-refractivity contribution in [3.8, 4) is 0 Å². The molecule has 2 aromatic rings. The number of hydrogen-bond acceptors (Lipinski definition) is 4. The molecular weight excluding hydrogens is 330 g/mol. The number of rotatable bonds is 4. The summed E-state index contributed by atoms with van der Waals surface area (Å²) in [5.74, 6) is -1.96.